The van der Waals surface area contributed by atoms with Gasteiger partial charge in [0.15, 0.2) is 5.82 Å². The normalized spacial score (nSPS) is 19.6. The zero-order chi connectivity index (χ0) is 13.2. The lowest BCUT2D eigenvalue weighted by atomic mass is 9.98. The number of fused-ring (bicyclic) bond motifs is 1. The fraction of sp³-hybridized carbons (Fsp3) is 0.462. The summed E-state index contributed by atoms with van der Waals surface area (Å²) in [5.74, 6) is 0.683. The second kappa shape index (κ2) is 4.87. The Kier molecular flexibility index (Phi) is 3.06. The highest BCUT2D eigenvalue weighted by atomic mass is 16.5. The van der Waals surface area contributed by atoms with Gasteiger partial charge in [0.2, 0.25) is 0 Å². The number of rotatable bonds is 2. The monoisotopic (exact) mass is 260 g/mol. The summed E-state index contributed by atoms with van der Waals surface area (Å²) in [5.41, 5.74) is 0.966. The SMILES string of the molecule is COC(=O)C1CCCN(c2nccn3nccc23)C1. The van der Waals surface area contributed by atoms with Crippen molar-refractivity contribution in [3.63, 3.8) is 0 Å². The van der Waals surface area contributed by atoms with E-state index in [-0.39, 0.29) is 11.9 Å². The molecule has 19 heavy (non-hydrogen) atoms. The third kappa shape index (κ3) is 2.14. The van der Waals surface area contributed by atoms with Crippen molar-refractivity contribution in [2.24, 2.45) is 5.92 Å². The van der Waals surface area contributed by atoms with Gasteiger partial charge >= 0.3 is 5.97 Å². The molecule has 1 aliphatic heterocycles. The summed E-state index contributed by atoms with van der Waals surface area (Å²) in [4.78, 5) is 18.2. The highest BCUT2D eigenvalue weighted by Crippen LogP contribution is 2.25. The Hall–Kier alpha value is -2.11. The van der Waals surface area contributed by atoms with Gasteiger partial charge < -0.3 is 9.64 Å². The number of piperidine rings is 1. The maximum atomic E-state index is 11.7. The third-order valence-corrected chi connectivity index (χ3v) is 3.56. The van der Waals surface area contributed by atoms with E-state index in [9.17, 15) is 4.79 Å². The number of methoxy groups -OCH3 is 1. The molecule has 0 bridgehead atoms. The van der Waals surface area contributed by atoms with Crippen molar-refractivity contribution < 1.29 is 9.53 Å². The van der Waals surface area contributed by atoms with Gasteiger partial charge in [0.1, 0.15) is 5.52 Å². The van der Waals surface area contributed by atoms with Crippen LogP contribution in [0.1, 0.15) is 12.8 Å². The van der Waals surface area contributed by atoms with E-state index in [4.69, 9.17) is 4.74 Å². The number of hydrogen-bond donors (Lipinski definition) is 0. The lowest BCUT2D eigenvalue weighted by molar-refractivity contribution is -0.145. The first-order valence-electron chi connectivity index (χ1n) is 6.40. The highest BCUT2D eigenvalue weighted by Gasteiger charge is 2.28. The van der Waals surface area contributed by atoms with Crippen LogP contribution in [0.4, 0.5) is 5.82 Å². The molecule has 3 rings (SSSR count). The minimum atomic E-state index is -0.134. The summed E-state index contributed by atoms with van der Waals surface area (Å²) in [5, 5.41) is 4.20. The lowest BCUT2D eigenvalue weighted by Crippen LogP contribution is -2.39. The van der Waals surface area contributed by atoms with Crippen molar-refractivity contribution in [1.29, 1.82) is 0 Å². The standard InChI is InChI=1S/C13H16N4O2/c1-19-13(18)10-3-2-7-16(9-10)12-11-4-5-15-17(11)8-6-14-12/h4-6,8,10H,2-3,7,9H2,1H3. The zero-order valence-corrected chi connectivity index (χ0v) is 10.8. The highest BCUT2D eigenvalue weighted by molar-refractivity contribution is 5.75. The second-order valence-corrected chi connectivity index (χ2v) is 4.72. The van der Waals surface area contributed by atoms with Crippen LogP contribution in [0, 0.1) is 5.92 Å². The molecule has 1 aliphatic rings. The van der Waals surface area contributed by atoms with Gasteiger partial charge in [-0.3, -0.25) is 4.79 Å². The summed E-state index contributed by atoms with van der Waals surface area (Å²) in [6, 6.07) is 1.93. The first-order valence-corrected chi connectivity index (χ1v) is 6.40. The van der Waals surface area contributed by atoms with E-state index in [0.717, 1.165) is 30.7 Å². The molecule has 0 saturated carbocycles. The van der Waals surface area contributed by atoms with E-state index in [1.165, 1.54) is 7.11 Å². The Morgan fingerprint density at radius 2 is 2.37 bits per heavy atom. The van der Waals surface area contributed by atoms with E-state index < -0.39 is 0 Å². The second-order valence-electron chi connectivity index (χ2n) is 4.72. The molecule has 0 aliphatic carbocycles. The predicted octanol–water partition coefficient (Wildman–Crippen LogP) is 1.12. The van der Waals surface area contributed by atoms with Crippen molar-refractivity contribution in [2.45, 2.75) is 12.8 Å². The van der Waals surface area contributed by atoms with Gasteiger partial charge in [-0.2, -0.15) is 5.10 Å². The molecule has 1 fully saturated rings. The number of carbonyl (C=O) groups excluding carboxylic acids is 1. The fourth-order valence-electron chi connectivity index (χ4n) is 2.62. The largest absolute Gasteiger partial charge is 0.469 e. The van der Waals surface area contributed by atoms with Gasteiger partial charge in [-0.15, -0.1) is 0 Å². The van der Waals surface area contributed by atoms with Gasteiger partial charge in [0.25, 0.3) is 0 Å². The summed E-state index contributed by atoms with van der Waals surface area (Å²) in [6.07, 6.45) is 7.15. The molecule has 1 atom stereocenters. The van der Waals surface area contributed by atoms with E-state index in [0.29, 0.717) is 6.54 Å². The van der Waals surface area contributed by atoms with Gasteiger partial charge in [-0.25, -0.2) is 9.50 Å². The first-order chi connectivity index (χ1) is 9.29. The molecule has 2 aromatic heterocycles. The summed E-state index contributed by atoms with van der Waals surface area (Å²) in [6.45, 7) is 1.57. The number of ether oxygens (including phenoxy) is 1. The van der Waals surface area contributed by atoms with Crippen molar-refractivity contribution >= 4 is 17.3 Å². The Morgan fingerprint density at radius 3 is 3.21 bits per heavy atom. The van der Waals surface area contributed by atoms with Crippen LogP contribution in [0.2, 0.25) is 0 Å². The first kappa shape index (κ1) is 12.0. The van der Waals surface area contributed by atoms with Crippen molar-refractivity contribution in [3.05, 3.63) is 24.7 Å². The van der Waals surface area contributed by atoms with E-state index in [2.05, 4.69) is 15.0 Å². The molecule has 1 saturated heterocycles. The van der Waals surface area contributed by atoms with E-state index in [1.807, 2.05) is 12.3 Å². The van der Waals surface area contributed by atoms with E-state index in [1.54, 1.807) is 16.9 Å². The Balaban J connectivity index is 1.89. The Bertz CT molecular complexity index is 595. The molecular weight excluding hydrogens is 244 g/mol. The molecule has 3 heterocycles. The molecule has 1 unspecified atom stereocenters. The molecule has 0 radical (unpaired) electrons. The summed E-state index contributed by atoms with van der Waals surface area (Å²) < 4.78 is 6.64. The maximum absolute atomic E-state index is 11.7. The van der Waals surface area contributed by atoms with Crippen LogP contribution < -0.4 is 4.90 Å². The van der Waals surface area contributed by atoms with Crippen LogP contribution in [0.5, 0.6) is 0 Å². The number of esters is 1. The molecule has 0 spiro atoms. The van der Waals surface area contributed by atoms with Gasteiger partial charge in [0.05, 0.1) is 19.2 Å². The van der Waals surface area contributed by atoms with Crippen molar-refractivity contribution in [3.8, 4) is 0 Å². The molecule has 2 aromatic rings. The molecule has 6 nitrogen and oxygen atoms in total. The topological polar surface area (TPSA) is 59.7 Å². The predicted molar refractivity (Wildman–Crippen MR) is 69.9 cm³/mol. The van der Waals surface area contributed by atoms with Crippen molar-refractivity contribution in [1.82, 2.24) is 14.6 Å². The molecule has 6 heteroatoms. The van der Waals surface area contributed by atoms with Gasteiger partial charge in [-0.1, -0.05) is 0 Å². The quantitative estimate of drug-likeness (QED) is 0.757. The zero-order valence-electron chi connectivity index (χ0n) is 10.8. The molecule has 0 aromatic carbocycles. The number of carbonyl (C=O) groups is 1. The lowest BCUT2D eigenvalue weighted by Gasteiger charge is -2.32. The average molecular weight is 260 g/mol. The van der Waals surface area contributed by atoms with Crippen LogP contribution in [-0.4, -0.2) is 40.8 Å². The minimum absolute atomic E-state index is 0.0660. The summed E-state index contributed by atoms with van der Waals surface area (Å²) in [7, 11) is 1.44. The van der Waals surface area contributed by atoms with Crippen LogP contribution in [-0.2, 0) is 9.53 Å². The summed E-state index contributed by atoms with van der Waals surface area (Å²) >= 11 is 0. The molecule has 100 valence electrons. The smallest absolute Gasteiger partial charge is 0.310 e. The Morgan fingerprint density at radius 1 is 1.47 bits per heavy atom. The Labute approximate surface area is 111 Å². The third-order valence-electron chi connectivity index (χ3n) is 3.56. The van der Waals surface area contributed by atoms with Crippen LogP contribution in [0.25, 0.3) is 5.52 Å². The van der Waals surface area contributed by atoms with Crippen LogP contribution in [0.15, 0.2) is 24.7 Å². The van der Waals surface area contributed by atoms with Crippen LogP contribution >= 0.6 is 0 Å². The molecule has 0 amide bonds. The fourth-order valence-corrected chi connectivity index (χ4v) is 2.62. The van der Waals surface area contributed by atoms with Gasteiger partial charge in [-0.05, 0) is 18.9 Å². The van der Waals surface area contributed by atoms with Crippen molar-refractivity contribution in [2.75, 3.05) is 25.1 Å². The van der Waals surface area contributed by atoms with Gasteiger partial charge in [0, 0.05) is 25.5 Å². The van der Waals surface area contributed by atoms with Crippen LogP contribution in [0.3, 0.4) is 0 Å². The number of aromatic nitrogens is 3. The number of nitrogens with zero attached hydrogens (tertiary/aromatic N) is 4. The number of hydrogen-bond acceptors (Lipinski definition) is 5. The maximum Gasteiger partial charge on any atom is 0.310 e. The molecule has 0 N–H and O–H groups in total. The average Bonchev–Trinajstić information content (AvgIpc) is 2.94. The molecular formula is C13H16N4O2. The van der Waals surface area contributed by atoms with E-state index >= 15 is 0 Å². The number of anilines is 1. The minimum Gasteiger partial charge on any atom is -0.469 e.